The van der Waals surface area contributed by atoms with Gasteiger partial charge in [0, 0.05) is 63.6 Å². The van der Waals surface area contributed by atoms with Gasteiger partial charge in [-0.05, 0) is 117 Å². The van der Waals surface area contributed by atoms with Gasteiger partial charge in [0.15, 0.2) is 0 Å². The van der Waals surface area contributed by atoms with E-state index in [2.05, 4.69) is 276 Å². The molecule has 0 unspecified atom stereocenters. The smallest absolute Gasteiger partial charge is 0.0541 e. The summed E-state index contributed by atoms with van der Waals surface area (Å²) in [6.45, 7) is 0. The van der Waals surface area contributed by atoms with Crippen LogP contribution in [0, 0.1) is 0 Å². The van der Waals surface area contributed by atoms with Crippen LogP contribution in [-0.2, 0) is 0 Å². The van der Waals surface area contributed by atoms with Gasteiger partial charge in [-0.3, -0.25) is 0 Å². The summed E-state index contributed by atoms with van der Waals surface area (Å²) in [7, 11) is 0. The molecule has 4 aromatic heterocycles. The minimum atomic E-state index is 1.17. The van der Waals surface area contributed by atoms with Gasteiger partial charge >= 0.3 is 0 Å². The molecular formula is C68H44N2S2. The van der Waals surface area contributed by atoms with Crippen molar-refractivity contribution in [1.82, 2.24) is 9.13 Å². The molecule has 338 valence electrons. The summed E-state index contributed by atoms with van der Waals surface area (Å²) < 4.78 is 4.75. The van der Waals surface area contributed by atoms with Gasteiger partial charge in [-0.25, -0.2) is 0 Å². The lowest BCUT2D eigenvalue weighted by Crippen LogP contribution is -1.92. The van der Waals surface area contributed by atoms with Gasteiger partial charge in [0.1, 0.15) is 0 Å². The Morgan fingerprint density at radius 3 is 0.944 bits per heavy atom. The Balaban J connectivity index is 0.824. The molecule has 14 rings (SSSR count). The normalized spacial score (nSPS) is 11.6. The molecule has 4 heterocycles. The van der Waals surface area contributed by atoms with E-state index in [0.717, 1.165) is 0 Å². The van der Waals surface area contributed by atoms with Gasteiger partial charge in [-0.1, -0.05) is 194 Å². The number of hydrogen-bond donors (Lipinski definition) is 0. The zero-order chi connectivity index (χ0) is 47.5. The maximum absolute atomic E-state index is 2.41. The van der Waals surface area contributed by atoms with Crippen LogP contribution in [-0.4, -0.2) is 9.13 Å². The Morgan fingerprint density at radius 2 is 0.542 bits per heavy atom. The van der Waals surface area contributed by atoms with Crippen molar-refractivity contribution in [2.24, 2.45) is 0 Å². The van der Waals surface area contributed by atoms with E-state index in [1.807, 2.05) is 22.7 Å². The summed E-state index contributed by atoms with van der Waals surface area (Å²) in [5.74, 6) is 0. The molecule has 2 nitrogen and oxygen atoms in total. The van der Waals surface area contributed by atoms with Crippen LogP contribution in [0.25, 0.3) is 130 Å². The number of hydrogen-bond acceptors (Lipinski definition) is 2. The highest BCUT2D eigenvalue weighted by atomic mass is 32.1. The fourth-order valence-corrected chi connectivity index (χ4v) is 13.2. The van der Waals surface area contributed by atoms with Crippen molar-refractivity contribution in [3.63, 3.8) is 0 Å². The topological polar surface area (TPSA) is 9.86 Å². The van der Waals surface area contributed by atoms with Crippen molar-refractivity contribution >= 4 is 66.3 Å². The summed E-state index contributed by atoms with van der Waals surface area (Å²) in [5, 5.41) is 5.03. The van der Waals surface area contributed by atoms with Crippen molar-refractivity contribution in [2.75, 3.05) is 0 Å². The molecule has 0 aliphatic heterocycles. The first kappa shape index (κ1) is 42.1. The van der Waals surface area contributed by atoms with E-state index in [1.54, 1.807) is 0 Å². The van der Waals surface area contributed by atoms with E-state index < -0.39 is 0 Å². The summed E-state index contributed by atoms with van der Waals surface area (Å²) in [4.78, 5) is 5.07. The molecule has 0 aliphatic carbocycles. The predicted octanol–water partition coefficient (Wildman–Crippen LogP) is 19.7. The highest BCUT2D eigenvalue weighted by molar-refractivity contribution is 7.26. The lowest BCUT2D eigenvalue weighted by molar-refractivity contribution is 1.18. The Hall–Kier alpha value is -8.80. The van der Waals surface area contributed by atoms with Crippen LogP contribution in [0.1, 0.15) is 0 Å². The SMILES string of the molecule is c1ccc(-c2cc(-c3cc(-c4ccccc4)c(-c4ccc(-c5ccc6c(c5)c5ccccc5n6-c5ccccc5)cc4)s3)sc2-c2ccc(-c3ccc4c(c3)c3ccccc3n4-c3ccccc3)cc2)cc1. The average molecular weight is 953 g/mol. The van der Waals surface area contributed by atoms with Crippen LogP contribution in [0.15, 0.2) is 267 Å². The standard InChI is InChI=1S/C68H44N2S2/c1-5-17-47(18-6-1)57-43-65(71-67(57)49-33-29-45(30-34-49)51-37-39-63-59(41-51)55-25-13-15-27-61(55)69(63)53-21-9-3-10-22-53)66-44-58(48-19-7-2-8-20-48)68(72-66)50-35-31-46(32-36-50)52-38-40-64-60(42-52)56-26-14-16-28-62(56)70(64)54-23-11-4-12-24-54/h1-44H. The minimum absolute atomic E-state index is 1.17. The molecule has 0 amide bonds. The van der Waals surface area contributed by atoms with E-state index in [-0.39, 0.29) is 0 Å². The zero-order valence-electron chi connectivity index (χ0n) is 39.1. The van der Waals surface area contributed by atoms with Crippen LogP contribution in [0.4, 0.5) is 0 Å². The van der Waals surface area contributed by atoms with E-state index in [9.17, 15) is 0 Å². The number of thiophene rings is 2. The molecule has 0 fully saturated rings. The fourth-order valence-electron chi connectivity index (χ4n) is 10.8. The largest absolute Gasteiger partial charge is 0.309 e. The maximum atomic E-state index is 2.41. The summed E-state index contributed by atoms with van der Waals surface area (Å²) >= 11 is 3.77. The monoisotopic (exact) mass is 952 g/mol. The Labute approximate surface area is 426 Å². The molecule has 0 N–H and O–H groups in total. The third-order valence-corrected chi connectivity index (χ3v) is 16.8. The molecule has 4 heteroatoms. The van der Waals surface area contributed by atoms with Crippen LogP contribution in [0.2, 0.25) is 0 Å². The van der Waals surface area contributed by atoms with Crippen LogP contribution in [0.3, 0.4) is 0 Å². The first-order chi connectivity index (χ1) is 35.7. The Morgan fingerprint density at radius 1 is 0.222 bits per heavy atom. The number of para-hydroxylation sites is 4. The quantitative estimate of drug-likeness (QED) is 0.136. The molecule has 0 bridgehead atoms. The molecule has 0 saturated carbocycles. The summed E-state index contributed by atoms with van der Waals surface area (Å²) in [6.07, 6.45) is 0. The molecule has 0 atom stereocenters. The van der Waals surface area contributed by atoms with E-state index in [1.165, 1.54) is 130 Å². The Bertz CT molecular complexity index is 3990. The maximum Gasteiger partial charge on any atom is 0.0541 e. The van der Waals surface area contributed by atoms with Crippen molar-refractivity contribution in [3.05, 3.63) is 267 Å². The molecule has 72 heavy (non-hydrogen) atoms. The average Bonchev–Trinajstić information content (AvgIpc) is 4.26. The molecular weight excluding hydrogens is 909 g/mol. The first-order valence-electron chi connectivity index (χ1n) is 24.5. The van der Waals surface area contributed by atoms with E-state index in [0.29, 0.717) is 0 Å². The summed E-state index contributed by atoms with van der Waals surface area (Å²) in [5.41, 5.74) is 19.4. The lowest BCUT2D eigenvalue weighted by Gasteiger charge is -2.09. The van der Waals surface area contributed by atoms with E-state index >= 15 is 0 Å². The zero-order valence-corrected chi connectivity index (χ0v) is 40.7. The van der Waals surface area contributed by atoms with Crippen molar-refractivity contribution in [3.8, 4) is 86.5 Å². The van der Waals surface area contributed by atoms with E-state index in [4.69, 9.17) is 0 Å². The third-order valence-electron chi connectivity index (χ3n) is 14.2. The van der Waals surface area contributed by atoms with Gasteiger partial charge < -0.3 is 9.13 Å². The minimum Gasteiger partial charge on any atom is -0.309 e. The number of nitrogens with zero attached hydrogens (tertiary/aromatic N) is 2. The second-order valence-electron chi connectivity index (χ2n) is 18.4. The Kier molecular flexibility index (Phi) is 10.3. The highest BCUT2D eigenvalue weighted by Crippen LogP contribution is 2.50. The lowest BCUT2D eigenvalue weighted by atomic mass is 9.98. The molecule has 0 saturated heterocycles. The molecule has 0 radical (unpaired) electrons. The van der Waals surface area contributed by atoms with Gasteiger partial charge in [0.2, 0.25) is 0 Å². The van der Waals surface area contributed by atoms with Crippen LogP contribution < -0.4 is 0 Å². The number of rotatable bonds is 9. The van der Waals surface area contributed by atoms with Crippen molar-refractivity contribution in [2.45, 2.75) is 0 Å². The van der Waals surface area contributed by atoms with Gasteiger partial charge in [0.25, 0.3) is 0 Å². The van der Waals surface area contributed by atoms with Gasteiger partial charge in [-0.15, -0.1) is 22.7 Å². The second-order valence-corrected chi connectivity index (χ2v) is 20.5. The predicted molar refractivity (Wildman–Crippen MR) is 309 cm³/mol. The molecule has 0 spiro atoms. The summed E-state index contributed by atoms with van der Waals surface area (Å²) in [6, 6.07) is 97.6. The van der Waals surface area contributed by atoms with Crippen LogP contribution in [0.5, 0.6) is 0 Å². The third kappa shape index (κ3) is 7.23. The molecule has 10 aromatic carbocycles. The van der Waals surface area contributed by atoms with Crippen molar-refractivity contribution in [1.29, 1.82) is 0 Å². The first-order valence-corrected chi connectivity index (χ1v) is 26.1. The number of benzene rings is 10. The van der Waals surface area contributed by atoms with Gasteiger partial charge in [0.05, 0.1) is 22.1 Å². The number of fused-ring (bicyclic) bond motifs is 6. The number of aromatic nitrogens is 2. The highest BCUT2D eigenvalue weighted by Gasteiger charge is 2.21. The van der Waals surface area contributed by atoms with Gasteiger partial charge in [-0.2, -0.15) is 0 Å². The molecule has 14 aromatic rings. The van der Waals surface area contributed by atoms with Crippen LogP contribution >= 0.6 is 22.7 Å². The second kappa shape index (κ2) is 17.6. The fraction of sp³-hybridized carbons (Fsp3) is 0. The van der Waals surface area contributed by atoms with Crippen molar-refractivity contribution < 1.29 is 0 Å². The molecule has 0 aliphatic rings.